The van der Waals surface area contributed by atoms with Gasteiger partial charge in [-0.2, -0.15) is 0 Å². The number of benzene rings is 1. The summed E-state index contributed by atoms with van der Waals surface area (Å²) in [6.45, 7) is 4.30. The maximum atomic E-state index is 13.8. The molecule has 2 rings (SSSR count). The van der Waals surface area contributed by atoms with Crippen LogP contribution in [0.5, 0.6) is 0 Å². The molecule has 1 fully saturated rings. The summed E-state index contributed by atoms with van der Waals surface area (Å²) in [4.78, 5) is 11.1. The van der Waals surface area contributed by atoms with Gasteiger partial charge in [0.05, 0.1) is 11.3 Å². The molecule has 0 spiro atoms. The molecule has 1 aromatic carbocycles. The number of primary amides is 1. The van der Waals surface area contributed by atoms with E-state index in [0.717, 1.165) is 19.3 Å². The summed E-state index contributed by atoms with van der Waals surface area (Å²) < 4.78 is 27.2. The zero-order valence-corrected chi connectivity index (χ0v) is 11.7. The Hall–Kier alpha value is -1.65. The third-order valence-electron chi connectivity index (χ3n) is 4.37. The summed E-state index contributed by atoms with van der Waals surface area (Å²) in [5, 5.41) is 3.10. The Morgan fingerprint density at radius 1 is 1.25 bits per heavy atom. The van der Waals surface area contributed by atoms with E-state index in [1.165, 1.54) is 6.07 Å². The van der Waals surface area contributed by atoms with Crippen molar-refractivity contribution < 1.29 is 13.6 Å². The first kappa shape index (κ1) is 14.8. The van der Waals surface area contributed by atoms with Crippen molar-refractivity contribution >= 4 is 11.6 Å². The van der Waals surface area contributed by atoms with Crippen LogP contribution < -0.4 is 11.1 Å². The number of rotatable bonds is 3. The van der Waals surface area contributed by atoms with E-state index in [4.69, 9.17) is 5.73 Å². The van der Waals surface area contributed by atoms with Gasteiger partial charge in [0.25, 0.3) is 5.91 Å². The van der Waals surface area contributed by atoms with Gasteiger partial charge in [-0.1, -0.05) is 26.7 Å². The van der Waals surface area contributed by atoms with Gasteiger partial charge in [-0.05, 0) is 24.3 Å². The molecule has 1 aliphatic carbocycles. The fraction of sp³-hybridized carbons (Fsp3) is 0.533. The lowest BCUT2D eigenvalue weighted by Crippen LogP contribution is -2.35. The van der Waals surface area contributed by atoms with Crippen molar-refractivity contribution in [3.63, 3.8) is 0 Å². The third kappa shape index (κ3) is 2.92. The molecule has 1 aliphatic rings. The summed E-state index contributed by atoms with van der Waals surface area (Å²) in [6.07, 6.45) is 3.18. The number of carbonyl (C=O) groups excluding carboxylic acids is 1. The van der Waals surface area contributed by atoms with E-state index in [2.05, 4.69) is 19.2 Å². The van der Waals surface area contributed by atoms with E-state index in [-0.39, 0.29) is 17.3 Å². The zero-order valence-electron chi connectivity index (χ0n) is 11.7. The van der Waals surface area contributed by atoms with E-state index in [0.29, 0.717) is 17.9 Å². The van der Waals surface area contributed by atoms with Crippen molar-refractivity contribution in [2.24, 2.45) is 17.6 Å². The van der Waals surface area contributed by atoms with Crippen LogP contribution in [0.15, 0.2) is 12.1 Å². The number of carbonyl (C=O) groups is 1. The van der Waals surface area contributed by atoms with Crippen molar-refractivity contribution in [1.82, 2.24) is 0 Å². The molecule has 0 radical (unpaired) electrons. The van der Waals surface area contributed by atoms with Gasteiger partial charge in [0.2, 0.25) is 0 Å². The highest BCUT2D eigenvalue weighted by molar-refractivity contribution is 5.94. The average molecular weight is 282 g/mol. The number of hydrogen-bond acceptors (Lipinski definition) is 2. The second kappa shape index (κ2) is 5.77. The SMILES string of the molecule is CC1CCCC(Nc2cc(C(N)=O)c(F)cc2F)C1C. The van der Waals surface area contributed by atoms with Crippen molar-refractivity contribution in [3.05, 3.63) is 29.3 Å². The van der Waals surface area contributed by atoms with Gasteiger partial charge in [-0.3, -0.25) is 4.79 Å². The third-order valence-corrected chi connectivity index (χ3v) is 4.37. The van der Waals surface area contributed by atoms with Crippen LogP contribution in [0.2, 0.25) is 0 Å². The summed E-state index contributed by atoms with van der Waals surface area (Å²) in [6, 6.07) is 2.00. The predicted octanol–water partition coefficient (Wildman–Crippen LogP) is 3.30. The molecule has 0 heterocycles. The Labute approximate surface area is 117 Å². The molecule has 3 unspecified atom stereocenters. The van der Waals surface area contributed by atoms with Gasteiger partial charge in [-0.25, -0.2) is 8.78 Å². The van der Waals surface area contributed by atoms with Crippen LogP contribution in [0.25, 0.3) is 0 Å². The van der Waals surface area contributed by atoms with Crippen molar-refractivity contribution in [1.29, 1.82) is 0 Å². The van der Waals surface area contributed by atoms with Crippen LogP contribution in [0.1, 0.15) is 43.5 Å². The Morgan fingerprint density at radius 3 is 2.60 bits per heavy atom. The molecule has 0 aliphatic heterocycles. The fourth-order valence-electron chi connectivity index (χ4n) is 2.83. The van der Waals surface area contributed by atoms with Crippen LogP contribution in [0, 0.1) is 23.5 Å². The Kier molecular flexibility index (Phi) is 4.26. The van der Waals surface area contributed by atoms with Crippen molar-refractivity contribution in [3.8, 4) is 0 Å². The molecule has 110 valence electrons. The first-order valence-corrected chi connectivity index (χ1v) is 6.95. The van der Waals surface area contributed by atoms with Crippen LogP contribution in [0.3, 0.4) is 0 Å². The highest BCUT2D eigenvalue weighted by Crippen LogP contribution is 2.32. The van der Waals surface area contributed by atoms with E-state index < -0.39 is 17.5 Å². The predicted molar refractivity (Wildman–Crippen MR) is 74.5 cm³/mol. The number of halogens is 2. The second-order valence-corrected chi connectivity index (χ2v) is 5.69. The lowest BCUT2D eigenvalue weighted by molar-refractivity contribution is 0.0996. The average Bonchev–Trinajstić information content (AvgIpc) is 2.37. The van der Waals surface area contributed by atoms with Gasteiger partial charge in [0.15, 0.2) is 0 Å². The van der Waals surface area contributed by atoms with Crippen LogP contribution in [0.4, 0.5) is 14.5 Å². The molecular weight excluding hydrogens is 262 g/mol. The summed E-state index contributed by atoms with van der Waals surface area (Å²) in [7, 11) is 0. The van der Waals surface area contributed by atoms with Crippen LogP contribution in [-0.2, 0) is 0 Å². The summed E-state index contributed by atoms with van der Waals surface area (Å²) in [5.74, 6) is -1.57. The fourth-order valence-corrected chi connectivity index (χ4v) is 2.83. The van der Waals surface area contributed by atoms with Gasteiger partial charge in [-0.15, -0.1) is 0 Å². The van der Waals surface area contributed by atoms with Gasteiger partial charge in [0, 0.05) is 12.1 Å². The standard InChI is InChI=1S/C15H20F2N2O/c1-8-4-3-5-13(9(8)2)19-14-6-10(15(18)20)11(16)7-12(14)17/h6-9,13,19H,3-5H2,1-2H3,(H2,18,20). The quantitative estimate of drug-likeness (QED) is 0.893. The number of hydrogen-bond donors (Lipinski definition) is 2. The normalized spacial score (nSPS) is 26.3. The Morgan fingerprint density at radius 2 is 1.95 bits per heavy atom. The molecule has 1 aromatic rings. The maximum absolute atomic E-state index is 13.8. The summed E-state index contributed by atoms with van der Waals surface area (Å²) >= 11 is 0. The molecule has 0 bridgehead atoms. The van der Waals surface area contributed by atoms with Gasteiger partial charge >= 0.3 is 0 Å². The van der Waals surface area contributed by atoms with Crippen LogP contribution in [-0.4, -0.2) is 11.9 Å². The smallest absolute Gasteiger partial charge is 0.251 e. The monoisotopic (exact) mass is 282 g/mol. The Balaban J connectivity index is 2.24. The summed E-state index contributed by atoms with van der Waals surface area (Å²) in [5.41, 5.74) is 4.94. The highest BCUT2D eigenvalue weighted by atomic mass is 19.1. The van der Waals surface area contributed by atoms with Crippen molar-refractivity contribution in [2.45, 2.75) is 39.2 Å². The highest BCUT2D eigenvalue weighted by Gasteiger charge is 2.28. The number of nitrogens with one attached hydrogen (secondary N) is 1. The lowest BCUT2D eigenvalue weighted by Gasteiger charge is -2.35. The maximum Gasteiger partial charge on any atom is 0.251 e. The van der Waals surface area contributed by atoms with Gasteiger partial charge in [0.1, 0.15) is 11.6 Å². The lowest BCUT2D eigenvalue weighted by atomic mass is 9.78. The van der Waals surface area contributed by atoms with Crippen molar-refractivity contribution in [2.75, 3.05) is 5.32 Å². The van der Waals surface area contributed by atoms with Crippen LogP contribution >= 0.6 is 0 Å². The molecule has 0 aromatic heterocycles. The number of nitrogens with two attached hydrogens (primary N) is 1. The van der Waals surface area contributed by atoms with Gasteiger partial charge < -0.3 is 11.1 Å². The second-order valence-electron chi connectivity index (χ2n) is 5.69. The van der Waals surface area contributed by atoms with E-state index in [9.17, 15) is 13.6 Å². The molecule has 3 nitrogen and oxygen atoms in total. The number of anilines is 1. The number of amides is 1. The minimum Gasteiger partial charge on any atom is -0.380 e. The molecule has 3 atom stereocenters. The minimum absolute atomic E-state index is 0.124. The minimum atomic E-state index is -0.925. The molecule has 20 heavy (non-hydrogen) atoms. The molecule has 3 N–H and O–H groups in total. The molecule has 1 amide bonds. The largest absolute Gasteiger partial charge is 0.380 e. The molecule has 5 heteroatoms. The topological polar surface area (TPSA) is 55.1 Å². The van der Waals surface area contributed by atoms with E-state index >= 15 is 0 Å². The molecule has 0 saturated heterocycles. The molecular formula is C15H20F2N2O. The molecule has 1 saturated carbocycles. The Bertz CT molecular complexity index is 519. The first-order valence-electron chi connectivity index (χ1n) is 6.95. The van der Waals surface area contributed by atoms with E-state index in [1.807, 2.05) is 0 Å². The first-order chi connectivity index (χ1) is 9.40. The zero-order chi connectivity index (χ0) is 14.9. The van der Waals surface area contributed by atoms with E-state index in [1.54, 1.807) is 0 Å².